The lowest BCUT2D eigenvalue weighted by molar-refractivity contribution is 0.102. The molecule has 2 heterocycles. The van der Waals surface area contributed by atoms with Crippen molar-refractivity contribution in [2.24, 2.45) is 0 Å². The molecule has 0 aliphatic carbocycles. The summed E-state index contributed by atoms with van der Waals surface area (Å²) in [4.78, 5) is 19.7. The van der Waals surface area contributed by atoms with Crippen LogP contribution in [0.4, 0.5) is 0 Å². The van der Waals surface area contributed by atoms with Gasteiger partial charge in [0.1, 0.15) is 5.03 Å². The fraction of sp³-hybridized carbons (Fsp3) is 0.0667. The van der Waals surface area contributed by atoms with Gasteiger partial charge in [0.25, 0.3) is 0 Å². The molecule has 5 heteroatoms. The topological polar surface area (TPSA) is 45.8 Å². The molecule has 3 aromatic rings. The number of para-hydroxylation sites is 1. The van der Waals surface area contributed by atoms with Gasteiger partial charge >= 0.3 is 0 Å². The zero-order valence-electron chi connectivity index (χ0n) is 10.5. The maximum absolute atomic E-state index is 12.3. The highest BCUT2D eigenvalue weighted by molar-refractivity contribution is 9.10. The molecule has 0 radical (unpaired) electrons. The number of thioether (sulfide) groups is 1. The number of hydrogen-bond donors (Lipinski definition) is 1. The average Bonchev–Trinajstić information content (AvgIpc) is 2.90. The molecule has 0 amide bonds. The highest BCUT2D eigenvalue weighted by Gasteiger charge is 2.13. The quantitative estimate of drug-likeness (QED) is 0.565. The van der Waals surface area contributed by atoms with E-state index in [4.69, 9.17) is 0 Å². The summed E-state index contributed by atoms with van der Waals surface area (Å²) in [5.74, 6) is 0.474. The third-order valence-corrected chi connectivity index (χ3v) is 4.86. The molecule has 0 aliphatic rings. The molecule has 0 saturated carbocycles. The average molecular weight is 347 g/mol. The Bertz CT molecular complexity index is 769. The number of nitrogens with zero attached hydrogens (tertiary/aromatic N) is 1. The SMILES string of the molecule is O=C(CSc1ncccc1Br)c1c[nH]c2ccccc12. The molecular formula is C15H11BrN2OS. The van der Waals surface area contributed by atoms with E-state index in [0.29, 0.717) is 5.75 Å². The number of Topliss-reactive ketones (excluding diaryl/α,β-unsaturated/α-hetero) is 1. The van der Waals surface area contributed by atoms with Gasteiger partial charge in [0, 0.05) is 33.3 Å². The molecule has 0 fully saturated rings. The minimum atomic E-state index is 0.102. The molecule has 1 N–H and O–H groups in total. The second-order valence-electron chi connectivity index (χ2n) is 4.25. The van der Waals surface area contributed by atoms with Crippen LogP contribution < -0.4 is 0 Å². The maximum Gasteiger partial charge on any atom is 0.175 e. The van der Waals surface area contributed by atoms with Gasteiger partial charge in [-0.25, -0.2) is 4.98 Å². The largest absolute Gasteiger partial charge is 0.360 e. The van der Waals surface area contributed by atoms with Crippen LogP contribution in [0.5, 0.6) is 0 Å². The van der Waals surface area contributed by atoms with Crippen molar-refractivity contribution in [2.75, 3.05) is 5.75 Å². The van der Waals surface area contributed by atoms with Gasteiger partial charge < -0.3 is 4.98 Å². The van der Waals surface area contributed by atoms with Gasteiger partial charge in [-0.05, 0) is 34.1 Å². The molecule has 0 unspecified atom stereocenters. The smallest absolute Gasteiger partial charge is 0.175 e. The van der Waals surface area contributed by atoms with Crippen molar-refractivity contribution >= 4 is 44.4 Å². The predicted octanol–water partition coefficient (Wildman–Crippen LogP) is 4.30. The Hall–Kier alpha value is -1.59. The summed E-state index contributed by atoms with van der Waals surface area (Å²) in [6.07, 6.45) is 3.50. The number of carbonyl (C=O) groups excluding carboxylic acids is 1. The van der Waals surface area contributed by atoms with Gasteiger partial charge in [0.15, 0.2) is 5.78 Å². The first-order valence-electron chi connectivity index (χ1n) is 6.08. The predicted molar refractivity (Wildman–Crippen MR) is 85.3 cm³/mol. The Balaban J connectivity index is 1.79. The molecule has 3 nitrogen and oxygen atoms in total. The number of hydrogen-bond acceptors (Lipinski definition) is 3. The van der Waals surface area contributed by atoms with Crippen LogP contribution in [0.2, 0.25) is 0 Å². The molecule has 0 aliphatic heterocycles. The van der Waals surface area contributed by atoms with Crippen molar-refractivity contribution in [3.63, 3.8) is 0 Å². The normalized spacial score (nSPS) is 10.8. The second kappa shape index (κ2) is 5.81. The summed E-state index contributed by atoms with van der Waals surface area (Å²) >= 11 is 4.87. The van der Waals surface area contributed by atoms with E-state index in [1.807, 2.05) is 36.4 Å². The van der Waals surface area contributed by atoms with E-state index in [1.165, 1.54) is 11.8 Å². The number of H-pyrrole nitrogens is 1. The van der Waals surface area contributed by atoms with Crippen molar-refractivity contribution in [3.8, 4) is 0 Å². The van der Waals surface area contributed by atoms with Crippen LogP contribution in [0.3, 0.4) is 0 Å². The van der Waals surface area contributed by atoms with Crippen LogP contribution in [0, 0.1) is 0 Å². The Kier molecular flexibility index (Phi) is 3.89. The number of halogens is 1. The van der Waals surface area contributed by atoms with Gasteiger partial charge in [0.05, 0.1) is 5.75 Å². The summed E-state index contributed by atoms with van der Waals surface area (Å²) in [7, 11) is 0. The third kappa shape index (κ3) is 2.64. The van der Waals surface area contributed by atoms with Crippen molar-refractivity contribution in [1.82, 2.24) is 9.97 Å². The van der Waals surface area contributed by atoms with Crippen LogP contribution in [-0.2, 0) is 0 Å². The molecule has 0 bridgehead atoms. The standard InChI is InChI=1S/C15H11BrN2OS/c16-12-5-3-7-17-15(12)20-9-14(19)11-8-18-13-6-2-1-4-10(11)13/h1-8,18H,9H2. The van der Waals surface area contributed by atoms with Crippen LogP contribution in [0.1, 0.15) is 10.4 Å². The van der Waals surface area contributed by atoms with E-state index < -0.39 is 0 Å². The lowest BCUT2D eigenvalue weighted by Gasteiger charge is -2.02. The van der Waals surface area contributed by atoms with Gasteiger partial charge in [-0.2, -0.15) is 0 Å². The number of rotatable bonds is 4. The first-order chi connectivity index (χ1) is 9.75. The first-order valence-corrected chi connectivity index (χ1v) is 7.86. The molecule has 20 heavy (non-hydrogen) atoms. The van der Waals surface area contributed by atoms with Crippen molar-refractivity contribution in [2.45, 2.75) is 5.03 Å². The number of benzene rings is 1. The number of carbonyl (C=O) groups is 1. The minimum Gasteiger partial charge on any atom is -0.360 e. The van der Waals surface area contributed by atoms with E-state index in [-0.39, 0.29) is 5.78 Å². The van der Waals surface area contributed by atoms with Gasteiger partial charge in [-0.3, -0.25) is 4.79 Å². The van der Waals surface area contributed by atoms with Crippen molar-refractivity contribution in [3.05, 3.63) is 58.8 Å². The number of aromatic amines is 1. The molecule has 1 aromatic carbocycles. The molecule has 2 aromatic heterocycles. The molecule has 0 saturated heterocycles. The monoisotopic (exact) mass is 346 g/mol. The fourth-order valence-electron chi connectivity index (χ4n) is 1.99. The third-order valence-electron chi connectivity index (χ3n) is 2.95. The van der Waals surface area contributed by atoms with Crippen molar-refractivity contribution < 1.29 is 4.79 Å². The first kappa shape index (κ1) is 13.4. The van der Waals surface area contributed by atoms with E-state index in [0.717, 1.165) is 26.0 Å². The Morgan fingerprint density at radius 1 is 1.25 bits per heavy atom. The zero-order valence-corrected chi connectivity index (χ0v) is 12.9. The molecular weight excluding hydrogens is 336 g/mol. The van der Waals surface area contributed by atoms with Gasteiger partial charge in [-0.15, -0.1) is 0 Å². The summed E-state index contributed by atoms with van der Waals surface area (Å²) in [5, 5.41) is 1.80. The lowest BCUT2D eigenvalue weighted by atomic mass is 10.1. The lowest BCUT2D eigenvalue weighted by Crippen LogP contribution is -2.01. The number of ketones is 1. The van der Waals surface area contributed by atoms with E-state index in [2.05, 4.69) is 25.9 Å². The number of pyridine rings is 1. The van der Waals surface area contributed by atoms with E-state index >= 15 is 0 Å². The number of nitrogens with one attached hydrogen (secondary N) is 1. The minimum absolute atomic E-state index is 0.102. The molecule has 0 spiro atoms. The number of aromatic nitrogens is 2. The zero-order chi connectivity index (χ0) is 13.9. The van der Waals surface area contributed by atoms with Crippen LogP contribution in [0.15, 0.2) is 58.3 Å². The highest BCUT2D eigenvalue weighted by atomic mass is 79.9. The molecule has 0 atom stereocenters. The Morgan fingerprint density at radius 2 is 2.10 bits per heavy atom. The summed E-state index contributed by atoms with van der Waals surface area (Å²) in [5.41, 5.74) is 1.72. The van der Waals surface area contributed by atoms with Gasteiger partial charge in [0.2, 0.25) is 0 Å². The van der Waals surface area contributed by atoms with Crippen molar-refractivity contribution in [1.29, 1.82) is 0 Å². The summed E-state index contributed by atoms with van der Waals surface area (Å²) in [6, 6.07) is 11.6. The maximum atomic E-state index is 12.3. The highest BCUT2D eigenvalue weighted by Crippen LogP contribution is 2.26. The Morgan fingerprint density at radius 3 is 2.95 bits per heavy atom. The van der Waals surface area contributed by atoms with E-state index in [1.54, 1.807) is 12.4 Å². The van der Waals surface area contributed by atoms with Crippen LogP contribution in [0.25, 0.3) is 10.9 Å². The summed E-state index contributed by atoms with van der Waals surface area (Å²) < 4.78 is 0.914. The van der Waals surface area contributed by atoms with Crippen LogP contribution >= 0.6 is 27.7 Å². The summed E-state index contributed by atoms with van der Waals surface area (Å²) in [6.45, 7) is 0. The number of fused-ring (bicyclic) bond motifs is 1. The second-order valence-corrected chi connectivity index (χ2v) is 6.07. The molecule has 3 rings (SSSR count). The Labute approximate surface area is 128 Å². The van der Waals surface area contributed by atoms with Crippen LogP contribution in [-0.4, -0.2) is 21.5 Å². The molecule has 100 valence electrons. The fourth-order valence-corrected chi connectivity index (χ4v) is 3.35. The van der Waals surface area contributed by atoms with Gasteiger partial charge in [-0.1, -0.05) is 30.0 Å². The van der Waals surface area contributed by atoms with E-state index in [9.17, 15) is 4.79 Å².